The molecule has 0 fully saturated rings. The lowest BCUT2D eigenvalue weighted by Gasteiger charge is -2.18. The molecule has 0 radical (unpaired) electrons. The lowest BCUT2D eigenvalue weighted by molar-refractivity contribution is -0.380. The van der Waals surface area contributed by atoms with E-state index in [2.05, 4.69) is 10.6 Å². The molecule has 0 bridgehead atoms. The molecule has 2 aromatic rings. The van der Waals surface area contributed by atoms with Crippen LogP contribution in [0, 0.1) is 10.1 Å². The molecule has 7 nitrogen and oxygen atoms in total. The van der Waals surface area contributed by atoms with Gasteiger partial charge in [-0.2, -0.15) is 0 Å². The van der Waals surface area contributed by atoms with E-state index < -0.39 is 4.92 Å². The molecular formula is C13H11N3O4S. The van der Waals surface area contributed by atoms with Gasteiger partial charge >= 0.3 is 5.00 Å². The average molecular weight is 305 g/mol. The van der Waals surface area contributed by atoms with Crippen LogP contribution < -0.4 is 15.4 Å². The zero-order chi connectivity index (χ0) is 14.8. The van der Waals surface area contributed by atoms with Crippen molar-refractivity contribution in [2.24, 2.45) is 0 Å². The second-order valence-electron chi connectivity index (χ2n) is 4.45. The van der Waals surface area contributed by atoms with E-state index in [4.69, 9.17) is 4.74 Å². The van der Waals surface area contributed by atoms with E-state index >= 15 is 0 Å². The Labute approximate surface area is 123 Å². The van der Waals surface area contributed by atoms with Crippen LogP contribution >= 0.6 is 11.3 Å². The van der Waals surface area contributed by atoms with Gasteiger partial charge in [0.25, 0.3) is 5.91 Å². The lowest BCUT2D eigenvalue weighted by Crippen LogP contribution is -2.25. The molecule has 1 aromatic carbocycles. The van der Waals surface area contributed by atoms with Gasteiger partial charge in [-0.1, -0.05) is 11.3 Å². The Morgan fingerprint density at radius 1 is 1.43 bits per heavy atom. The van der Waals surface area contributed by atoms with Crippen LogP contribution in [0.15, 0.2) is 29.6 Å². The van der Waals surface area contributed by atoms with Crippen LogP contribution in [0.3, 0.4) is 0 Å². The van der Waals surface area contributed by atoms with Gasteiger partial charge in [0.05, 0.1) is 10.6 Å². The van der Waals surface area contributed by atoms with Gasteiger partial charge in [0.1, 0.15) is 5.75 Å². The summed E-state index contributed by atoms with van der Waals surface area (Å²) in [6, 6.07) is 6.92. The van der Waals surface area contributed by atoms with E-state index in [1.807, 2.05) is 6.07 Å². The molecular weight excluding hydrogens is 294 g/mol. The van der Waals surface area contributed by atoms with E-state index in [1.165, 1.54) is 0 Å². The van der Waals surface area contributed by atoms with Crippen LogP contribution in [0.5, 0.6) is 5.75 Å². The van der Waals surface area contributed by atoms with Crippen LogP contribution in [-0.2, 0) is 11.3 Å². The standard InChI is InChI=1S/C13H11N3O4S/c17-12-6-20-11-2-1-9(4-10(11)15-12)14-5-8-3-13(16(18)19)21-7-8/h1-4,7,14H,5-6H2,(H,15,17). The van der Waals surface area contributed by atoms with Crippen LogP contribution in [0.4, 0.5) is 16.4 Å². The first-order chi connectivity index (χ1) is 10.1. The van der Waals surface area contributed by atoms with Gasteiger partial charge in [-0.3, -0.25) is 14.9 Å². The van der Waals surface area contributed by atoms with E-state index in [0.717, 1.165) is 22.6 Å². The molecule has 8 heteroatoms. The molecule has 0 atom stereocenters. The van der Waals surface area contributed by atoms with E-state index in [9.17, 15) is 14.9 Å². The summed E-state index contributed by atoms with van der Waals surface area (Å²) in [6.07, 6.45) is 0. The maximum atomic E-state index is 11.3. The number of benzene rings is 1. The Morgan fingerprint density at radius 3 is 3.05 bits per heavy atom. The molecule has 108 valence electrons. The maximum Gasteiger partial charge on any atom is 0.324 e. The number of thiophene rings is 1. The minimum absolute atomic E-state index is 0.0261. The van der Waals surface area contributed by atoms with Crippen molar-refractivity contribution < 1.29 is 14.5 Å². The first-order valence-corrected chi connectivity index (χ1v) is 7.02. The van der Waals surface area contributed by atoms with Gasteiger partial charge in [0.2, 0.25) is 0 Å². The van der Waals surface area contributed by atoms with Crippen LogP contribution in [-0.4, -0.2) is 17.4 Å². The number of hydrogen-bond donors (Lipinski definition) is 2. The Hall–Kier alpha value is -2.61. The number of hydrogen-bond acceptors (Lipinski definition) is 6. The van der Waals surface area contributed by atoms with Gasteiger partial charge in [0, 0.05) is 23.7 Å². The first kappa shape index (κ1) is 13.4. The van der Waals surface area contributed by atoms with Crippen molar-refractivity contribution in [2.75, 3.05) is 17.2 Å². The Kier molecular flexibility index (Phi) is 3.44. The third-order valence-corrected chi connectivity index (χ3v) is 3.86. The van der Waals surface area contributed by atoms with Gasteiger partial charge < -0.3 is 15.4 Å². The summed E-state index contributed by atoms with van der Waals surface area (Å²) in [7, 11) is 0. The van der Waals surface area contributed by atoms with Crippen LogP contribution in [0.2, 0.25) is 0 Å². The number of fused-ring (bicyclic) bond motifs is 1. The zero-order valence-electron chi connectivity index (χ0n) is 10.8. The fourth-order valence-corrected chi connectivity index (χ4v) is 2.68. The van der Waals surface area contributed by atoms with Crippen molar-refractivity contribution in [1.29, 1.82) is 0 Å². The van der Waals surface area contributed by atoms with E-state index in [1.54, 1.807) is 23.6 Å². The maximum absolute atomic E-state index is 11.3. The van der Waals surface area contributed by atoms with Gasteiger partial charge in [-0.05, 0) is 23.8 Å². The summed E-state index contributed by atoms with van der Waals surface area (Å²) in [5.41, 5.74) is 2.26. The number of nitrogens with zero attached hydrogens (tertiary/aromatic N) is 1. The third-order valence-electron chi connectivity index (χ3n) is 2.93. The highest BCUT2D eigenvalue weighted by atomic mass is 32.1. The molecule has 0 saturated heterocycles. The largest absolute Gasteiger partial charge is 0.482 e. The molecule has 0 aliphatic carbocycles. The summed E-state index contributed by atoms with van der Waals surface area (Å²) >= 11 is 1.10. The van der Waals surface area contributed by atoms with Crippen molar-refractivity contribution in [3.05, 3.63) is 45.3 Å². The quantitative estimate of drug-likeness (QED) is 0.669. The topological polar surface area (TPSA) is 93.5 Å². The van der Waals surface area contributed by atoms with Crippen molar-refractivity contribution in [3.63, 3.8) is 0 Å². The second-order valence-corrected chi connectivity index (χ2v) is 5.34. The predicted molar refractivity (Wildman–Crippen MR) is 78.9 cm³/mol. The molecule has 0 saturated carbocycles. The Bertz CT molecular complexity index is 713. The molecule has 1 aliphatic rings. The minimum Gasteiger partial charge on any atom is -0.482 e. The Balaban J connectivity index is 1.69. The van der Waals surface area contributed by atoms with Crippen LogP contribution in [0.1, 0.15) is 5.56 Å². The van der Waals surface area contributed by atoms with Crippen LogP contribution in [0.25, 0.3) is 0 Å². The molecule has 0 spiro atoms. The van der Waals surface area contributed by atoms with Gasteiger partial charge in [-0.25, -0.2) is 0 Å². The monoisotopic (exact) mass is 305 g/mol. The number of nitro groups is 1. The summed E-state index contributed by atoms with van der Waals surface area (Å²) in [5.74, 6) is 0.444. The van der Waals surface area contributed by atoms with Crippen molar-refractivity contribution >= 4 is 33.6 Å². The molecule has 1 amide bonds. The molecule has 3 rings (SSSR count). The third kappa shape index (κ3) is 2.95. The molecule has 0 unspecified atom stereocenters. The Morgan fingerprint density at radius 2 is 2.29 bits per heavy atom. The minimum atomic E-state index is -0.403. The van der Waals surface area contributed by atoms with Gasteiger partial charge in [0.15, 0.2) is 6.61 Å². The summed E-state index contributed by atoms with van der Waals surface area (Å²) in [4.78, 5) is 21.5. The van der Waals surface area contributed by atoms with E-state index in [-0.39, 0.29) is 17.5 Å². The summed E-state index contributed by atoms with van der Waals surface area (Å²) in [5, 5.41) is 18.4. The highest BCUT2D eigenvalue weighted by Crippen LogP contribution is 2.31. The number of nitrogens with one attached hydrogen (secondary N) is 2. The number of ether oxygens (including phenoxy) is 1. The molecule has 21 heavy (non-hydrogen) atoms. The second kappa shape index (κ2) is 5.41. The number of carbonyl (C=O) groups is 1. The summed E-state index contributed by atoms with van der Waals surface area (Å²) in [6.45, 7) is 0.496. The SMILES string of the molecule is O=C1COc2ccc(NCc3csc([N+](=O)[O-])c3)cc2N1. The average Bonchev–Trinajstić information content (AvgIpc) is 2.93. The first-order valence-electron chi connectivity index (χ1n) is 6.14. The number of carbonyl (C=O) groups excluding carboxylic acids is 1. The fraction of sp³-hybridized carbons (Fsp3) is 0.154. The van der Waals surface area contributed by atoms with Crippen molar-refractivity contribution in [2.45, 2.75) is 6.54 Å². The number of rotatable bonds is 4. The van der Waals surface area contributed by atoms with Crippen molar-refractivity contribution in [3.8, 4) is 5.75 Å². The highest BCUT2D eigenvalue weighted by Gasteiger charge is 2.16. The van der Waals surface area contributed by atoms with Crippen molar-refractivity contribution in [1.82, 2.24) is 0 Å². The normalized spacial score (nSPS) is 13.0. The number of anilines is 2. The lowest BCUT2D eigenvalue weighted by atomic mass is 10.2. The molecule has 1 aromatic heterocycles. The summed E-state index contributed by atoms with van der Waals surface area (Å²) < 4.78 is 5.27. The molecule has 2 heterocycles. The van der Waals surface area contributed by atoms with E-state index in [0.29, 0.717) is 18.0 Å². The smallest absolute Gasteiger partial charge is 0.324 e. The number of amides is 1. The van der Waals surface area contributed by atoms with Gasteiger partial charge in [-0.15, -0.1) is 0 Å². The zero-order valence-corrected chi connectivity index (χ0v) is 11.6. The molecule has 1 aliphatic heterocycles. The fourth-order valence-electron chi connectivity index (χ4n) is 1.95. The highest BCUT2D eigenvalue weighted by molar-refractivity contribution is 7.13. The molecule has 2 N–H and O–H groups in total. The predicted octanol–water partition coefficient (Wildman–Crippen LogP) is 2.60.